The fraction of sp³-hybridized carbons (Fsp3) is 0.278. The van der Waals surface area contributed by atoms with E-state index in [-0.39, 0.29) is 22.0 Å². The number of alkyl halides is 2. The van der Waals surface area contributed by atoms with Crippen molar-refractivity contribution < 1.29 is 22.7 Å². The van der Waals surface area contributed by atoms with Gasteiger partial charge in [-0.2, -0.15) is 0 Å². The number of benzene rings is 2. The minimum atomic E-state index is -3.84. The van der Waals surface area contributed by atoms with Gasteiger partial charge < -0.3 is 14.4 Å². The molecule has 4 rings (SSSR count). The second-order valence-electron chi connectivity index (χ2n) is 6.47. The number of carbonyl (C=O) groups is 1. The highest BCUT2D eigenvalue weighted by molar-refractivity contribution is 7.91. The number of sulfone groups is 1. The molecule has 2 aromatic carbocycles. The zero-order valence-corrected chi connectivity index (χ0v) is 17.8. The van der Waals surface area contributed by atoms with Crippen molar-refractivity contribution in [1.29, 1.82) is 0 Å². The van der Waals surface area contributed by atoms with E-state index in [0.717, 1.165) is 0 Å². The van der Waals surface area contributed by atoms with E-state index in [2.05, 4.69) is 0 Å². The molecule has 2 heterocycles. The van der Waals surface area contributed by atoms with Crippen molar-refractivity contribution in [1.82, 2.24) is 4.90 Å². The summed E-state index contributed by atoms with van der Waals surface area (Å²) in [5.74, 6) is -0.715. The van der Waals surface area contributed by atoms with Crippen molar-refractivity contribution >= 4 is 50.5 Å². The maximum atomic E-state index is 12.9. The van der Waals surface area contributed by atoms with Gasteiger partial charge in [0.2, 0.25) is 4.33 Å². The molecule has 28 heavy (non-hydrogen) atoms. The van der Waals surface area contributed by atoms with Crippen LogP contribution in [0.3, 0.4) is 0 Å². The topological polar surface area (TPSA) is 72.9 Å². The van der Waals surface area contributed by atoms with E-state index in [0.29, 0.717) is 10.6 Å². The summed E-state index contributed by atoms with van der Waals surface area (Å²) in [6.07, 6.45) is 0. The van der Waals surface area contributed by atoms with Gasteiger partial charge in [-0.25, -0.2) is 8.42 Å². The highest BCUT2D eigenvalue weighted by atomic mass is 35.5. The van der Waals surface area contributed by atoms with Crippen LogP contribution in [0.1, 0.15) is 11.1 Å². The van der Waals surface area contributed by atoms with Crippen molar-refractivity contribution in [2.45, 2.75) is 14.8 Å². The van der Waals surface area contributed by atoms with Crippen molar-refractivity contribution in [3.05, 3.63) is 52.5 Å². The molecule has 10 heteroatoms. The van der Waals surface area contributed by atoms with E-state index in [4.69, 9.17) is 44.3 Å². The van der Waals surface area contributed by atoms with E-state index < -0.39 is 31.5 Å². The summed E-state index contributed by atoms with van der Waals surface area (Å²) < 4.78 is 34.5. The molecule has 1 fully saturated rings. The lowest BCUT2D eigenvalue weighted by Crippen LogP contribution is -2.78. The minimum Gasteiger partial charge on any atom is -0.493 e. The lowest BCUT2D eigenvalue weighted by Gasteiger charge is -2.61. The number of hydrogen-bond acceptors (Lipinski definition) is 5. The third-order valence-corrected chi connectivity index (χ3v) is 7.87. The smallest absolute Gasteiger partial charge is 0.264 e. The summed E-state index contributed by atoms with van der Waals surface area (Å²) in [7, 11) is -1.01. The second kappa shape index (κ2) is 6.16. The Hall–Kier alpha value is -1.67. The lowest BCUT2D eigenvalue weighted by atomic mass is 9.71. The van der Waals surface area contributed by atoms with E-state index in [1.165, 1.54) is 31.3 Å². The zero-order valence-electron chi connectivity index (χ0n) is 14.7. The molecule has 1 saturated heterocycles. The van der Waals surface area contributed by atoms with Crippen LogP contribution in [-0.2, 0) is 20.2 Å². The summed E-state index contributed by atoms with van der Waals surface area (Å²) >= 11 is 19.1. The summed E-state index contributed by atoms with van der Waals surface area (Å²) in [6.45, 7) is 0. The number of hydrogen-bond donors (Lipinski definition) is 0. The van der Waals surface area contributed by atoms with Gasteiger partial charge in [-0.15, -0.1) is 0 Å². The van der Waals surface area contributed by atoms with E-state index in [9.17, 15) is 13.2 Å². The third kappa shape index (κ3) is 2.27. The van der Waals surface area contributed by atoms with E-state index in [1.54, 1.807) is 24.3 Å². The van der Waals surface area contributed by atoms with Gasteiger partial charge in [0.25, 0.3) is 5.91 Å². The lowest BCUT2D eigenvalue weighted by molar-refractivity contribution is -0.154. The summed E-state index contributed by atoms with van der Waals surface area (Å²) in [5, 5.41) is 0.475. The molecule has 2 aliphatic heterocycles. The number of methoxy groups -OCH3 is 2. The Kier molecular flexibility index (Phi) is 4.32. The maximum Gasteiger partial charge on any atom is 0.264 e. The number of fused-ring (bicyclic) bond motifs is 3. The van der Waals surface area contributed by atoms with Crippen LogP contribution in [0.15, 0.2) is 41.3 Å². The molecule has 0 radical (unpaired) electrons. The summed E-state index contributed by atoms with van der Waals surface area (Å²) in [4.78, 5) is 13.8. The largest absolute Gasteiger partial charge is 0.493 e. The first-order valence-corrected chi connectivity index (χ1v) is 10.8. The number of ether oxygens (including phenoxy) is 2. The van der Waals surface area contributed by atoms with Crippen LogP contribution in [0.4, 0.5) is 0 Å². The van der Waals surface area contributed by atoms with Crippen LogP contribution >= 0.6 is 34.8 Å². The van der Waals surface area contributed by atoms with Crippen LogP contribution in [-0.4, -0.2) is 43.7 Å². The van der Waals surface area contributed by atoms with Crippen molar-refractivity contribution in [3.63, 3.8) is 0 Å². The molecule has 0 spiro atoms. The average molecular weight is 463 g/mol. The molecule has 148 valence electrons. The number of β-lactam (4-membered cyclic amide) rings is 1. The Balaban J connectivity index is 2.13. The van der Waals surface area contributed by atoms with Gasteiger partial charge in [0.1, 0.15) is 11.4 Å². The van der Waals surface area contributed by atoms with Crippen molar-refractivity contribution in [3.8, 4) is 11.5 Å². The second-order valence-corrected chi connectivity index (χ2v) is 10.2. The number of nitrogens with zero attached hydrogens (tertiary/aromatic N) is 1. The van der Waals surface area contributed by atoms with Crippen LogP contribution in [0.5, 0.6) is 11.5 Å². The summed E-state index contributed by atoms with van der Waals surface area (Å²) in [6, 6.07) is 9.45. The van der Waals surface area contributed by atoms with Gasteiger partial charge >= 0.3 is 0 Å². The zero-order chi connectivity index (χ0) is 20.5. The van der Waals surface area contributed by atoms with E-state index in [1.807, 2.05) is 0 Å². The van der Waals surface area contributed by atoms with Crippen molar-refractivity contribution in [2.75, 3.05) is 20.1 Å². The van der Waals surface area contributed by atoms with Crippen LogP contribution < -0.4 is 9.47 Å². The molecule has 0 bridgehead atoms. The molecule has 1 unspecified atom stereocenters. The monoisotopic (exact) mass is 461 g/mol. The number of rotatable bonds is 3. The highest BCUT2D eigenvalue weighted by Gasteiger charge is 2.75. The van der Waals surface area contributed by atoms with Gasteiger partial charge in [0, 0.05) is 16.7 Å². The van der Waals surface area contributed by atoms with Gasteiger partial charge in [-0.1, -0.05) is 46.9 Å². The predicted octanol–water partition coefficient (Wildman–Crippen LogP) is 3.36. The number of halogens is 3. The van der Waals surface area contributed by atoms with Crippen LogP contribution in [0.2, 0.25) is 5.02 Å². The molecule has 0 aromatic heterocycles. The Bertz CT molecular complexity index is 1100. The van der Waals surface area contributed by atoms with E-state index >= 15 is 0 Å². The Labute approximate surface area is 176 Å². The van der Waals surface area contributed by atoms with Crippen molar-refractivity contribution in [2.24, 2.45) is 0 Å². The maximum absolute atomic E-state index is 12.9. The predicted molar refractivity (Wildman–Crippen MR) is 105 cm³/mol. The summed E-state index contributed by atoms with van der Waals surface area (Å²) in [5.41, 5.74) is -0.647. The highest BCUT2D eigenvalue weighted by Crippen LogP contribution is 2.63. The third-order valence-electron chi connectivity index (χ3n) is 5.14. The fourth-order valence-electron chi connectivity index (χ4n) is 3.89. The molecule has 1 amide bonds. The standard InChI is InChI=1S/C18H14Cl3NO5S/c1-26-13-7-12-15(8-14(13)27-2)28(24,25)9-22-16(23)18(20,21)17(12,22)10-3-5-11(19)6-4-10/h3-8H,9H2,1-2H3. The average Bonchev–Trinajstić information content (AvgIpc) is 2.67. The first kappa shape index (κ1) is 19.6. The molecular weight excluding hydrogens is 449 g/mol. The Morgan fingerprint density at radius 1 is 1.04 bits per heavy atom. The fourth-order valence-corrected chi connectivity index (χ4v) is 6.46. The molecule has 2 aromatic rings. The molecule has 0 N–H and O–H groups in total. The van der Waals surface area contributed by atoms with Gasteiger partial charge in [-0.05, 0) is 23.8 Å². The first-order chi connectivity index (χ1) is 13.1. The molecule has 6 nitrogen and oxygen atoms in total. The quantitative estimate of drug-likeness (QED) is 0.517. The molecule has 1 atom stereocenters. The van der Waals surface area contributed by atoms with Crippen LogP contribution in [0, 0.1) is 0 Å². The van der Waals surface area contributed by atoms with Gasteiger partial charge in [0.15, 0.2) is 21.3 Å². The number of amides is 1. The molecule has 0 aliphatic carbocycles. The Morgan fingerprint density at radius 2 is 1.61 bits per heavy atom. The molecule has 2 aliphatic rings. The van der Waals surface area contributed by atoms with Gasteiger partial charge in [0.05, 0.1) is 19.1 Å². The van der Waals surface area contributed by atoms with Crippen LogP contribution in [0.25, 0.3) is 0 Å². The Morgan fingerprint density at radius 3 is 2.18 bits per heavy atom. The number of carbonyl (C=O) groups excluding carboxylic acids is 1. The SMILES string of the molecule is COc1cc2c(cc1OC)S(=O)(=O)CN1C(=O)C(Cl)(Cl)C21c1ccc(Cl)cc1. The molecule has 0 saturated carbocycles. The minimum absolute atomic E-state index is 0.0190. The molecular formula is C18H14Cl3NO5S. The normalized spacial score (nSPS) is 24.0. The first-order valence-electron chi connectivity index (χ1n) is 8.06. The van der Waals surface area contributed by atoms with Gasteiger partial charge in [-0.3, -0.25) is 4.79 Å².